The van der Waals surface area contributed by atoms with Gasteiger partial charge >= 0.3 is 0 Å². The molecule has 5 N–H and O–H groups in total. The number of benzene rings is 3. The molecule has 41 heavy (non-hydrogen) atoms. The van der Waals surface area contributed by atoms with Crippen LogP contribution in [0.1, 0.15) is 41.3 Å². The summed E-state index contributed by atoms with van der Waals surface area (Å²) in [6.45, 7) is 3.54. The molecule has 0 spiro atoms. The van der Waals surface area contributed by atoms with E-state index in [1.54, 1.807) is 22.5 Å². The lowest BCUT2D eigenvalue weighted by molar-refractivity contribution is 0.0829. The smallest absolute Gasteiger partial charge is 0.251 e. The molecule has 0 aliphatic carbocycles. The van der Waals surface area contributed by atoms with Gasteiger partial charge in [0.1, 0.15) is 5.75 Å². The number of hydrogen-bond acceptors (Lipinski definition) is 7. The van der Waals surface area contributed by atoms with Gasteiger partial charge in [0.15, 0.2) is 0 Å². The summed E-state index contributed by atoms with van der Waals surface area (Å²) in [7, 11) is -2.97. The number of anilines is 1. The summed E-state index contributed by atoms with van der Waals surface area (Å²) < 4.78 is 30.6. The van der Waals surface area contributed by atoms with Crippen molar-refractivity contribution in [3.05, 3.63) is 92.4 Å². The topological polar surface area (TPSA) is 114 Å². The highest BCUT2D eigenvalue weighted by Crippen LogP contribution is 2.50. The fraction of sp³-hybridized carbons (Fsp3) is 0.367. The molecule has 1 aliphatic heterocycles. The van der Waals surface area contributed by atoms with Gasteiger partial charge in [-0.2, -0.15) is 0 Å². The third-order valence-electron chi connectivity index (χ3n) is 6.82. The van der Waals surface area contributed by atoms with E-state index < -0.39 is 22.9 Å². The fourth-order valence-corrected chi connectivity index (χ4v) is 7.90. The fourth-order valence-electron chi connectivity index (χ4n) is 4.84. The number of amides is 1. The first-order chi connectivity index (χ1) is 19.6. The Morgan fingerprint density at radius 1 is 1.02 bits per heavy atom. The molecule has 2 unspecified atom stereocenters. The van der Waals surface area contributed by atoms with Crippen molar-refractivity contribution in [2.75, 3.05) is 29.8 Å². The summed E-state index contributed by atoms with van der Waals surface area (Å²) in [5, 5.41) is 17.6. The van der Waals surface area contributed by atoms with Crippen LogP contribution in [0.3, 0.4) is 0 Å². The number of rotatable bonds is 12. The Bertz CT molecular complexity index is 1290. The van der Waals surface area contributed by atoms with Crippen LogP contribution in [0.5, 0.6) is 5.75 Å². The molecule has 8 nitrogen and oxygen atoms in total. The van der Waals surface area contributed by atoms with Crippen molar-refractivity contribution in [2.24, 2.45) is 0 Å². The Hall–Kier alpha value is -2.12. The van der Waals surface area contributed by atoms with Crippen LogP contribution in [-0.4, -0.2) is 57.7 Å². The van der Waals surface area contributed by atoms with Crippen molar-refractivity contribution in [1.82, 2.24) is 10.6 Å². The second kappa shape index (κ2) is 14.9. The Labute approximate surface area is 260 Å². The minimum absolute atomic E-state index is 0.265. The molecule has 0 radical (unpaired) electrons. The molecule has 0 aromatic heterocycles. The van der Waals surface area contributed by atoms with E-state index >= 15 is 0 Å². The number of carbonyl (C=O) groups is 1. The molecule has 1 saturated heterocycles. The second-order valence-corrected chi connectivity index (χ2v) is 14.0. The maximum atomic E-state index is 13.6. The van der Waals surface area contributed by atoms with Crippen LogP contribution in [-0.2, 0) is 13.0 Å². The standard InChI is InChI=1S/C30H37Br2N3O5S/c1-2-40-27-16-23(15-26(18-27)35-10-6-7-11-41(35,38)39)30(37)34-28(14-21-8-4-3-5-9-21)29(36)20-33-19-22-12-24(31)17-25(32)13-22/h3-5,8-9,12-13,15-18,28-29,33,36,38-39H,2,6-7,10-11,14,19-20H2,1H3,(H,34,37). The Kier molecular flexibility index (Phi) is 11.5. The molecule has 1 fully saturated rings. The average molecular weight is 712 g/mol. The average Bonchev–Trinajstić information content (AvgIpc) is 2.92. The Morgan fingerprint density at radius 2 is 1.76 bits per heavy atom. The maximum Gasteiger partial charge on any atom is 0.251 e. The van der Waals surface area contributed by atoms with E-state index in [4.69, 9.17) is 4.74 Å². The first-order valence-electron chi connectivity index (χ1n) is 13.6. The zero-order valence-electron chi connectivity index (χ0n) is 22.9. The highest BCUT2D eigenvalue weighted by Gasteiger charge is 2.29. The van der Waals surface area contributed by atoms with E-state index in [0.29, 0.717) is 48.9 Å². The van der Waals surface area contributed by atoms with Crippen molar-refractivity contribution < 1.29 is 23.7 Å². The zero-order chi connectivity index (χ0) is 29.4. The third-order valence-corrected chi connectivity index (χ3v) is 9.67. The summed E-state index contributed by atoms with van der Waals surface area (Å²) in [4.78, 5) is 13.6. The zero-order valence-corrected chi connectivity index (χ0v) is 26.9. The van der Waals surface area contributed by atoms with Crippen LogP contribution in [0.25, 0.3) is 0 Å². The highest BCUT2D eigenvalue weighted by atomic mass is 79.9. The first-order valence-corrected chi connectivity index (χ1v) is 16.9. The monoisotopic (exact) mass is 709 g/mol. The van der Waals surface area contributed by atoms with Gasteiger partial charge < -0.3 is 20.5 Å². The lowest BCUT2D eigenvalue weighted by Gasteiger charge is -2.47. The van der Waals surface area contributed by atoms with Gasteiger partial charge in [0.2, 0.25) is 0 Å². The van der Waals surface area contributed by atoms with Gasteiger partial charge in [-0.25, -0.2) is 0 Å². The van der Waals surface area contributed by atoms with Crippen molar-refractivity contribution in [3.63, 3.8) is 0 Å². The number of nitrogens with one attached hydrogen (secondary N) is 2. The van der Waals surface area contributed by atoms with Crippen LogP contribution in [0.4, 0.5) is 5.69 Å². The Morgan fingerprint density at radius 3 is 2.44 bits per heavy atom. The number of halogens is 2. The largest absolute Gasteiger partial charge is 0.494 e. The lowest BCUT2D eigenvalue weighted by atomic mass is 10.00. The minimum atomic E-state index is -2.97. The molecule has 11 heteroatoms. The van der Waals surface area contributed by atoms with Gasteiger partial charge in [0.25, 0.3) is 5.91 Å². The van der Waals surface area contributed by atoms with Crippen LogP contribution >= 0.6 is 42.6 Å². The van der Waals surface area contributed by atoms with Crippen molar-refractivity contribution in [3.8, 4) is 5.75 Å². The first kappa shape index (κ1) is 31.8. The van der Waals surface area contributed by atoms with E-state index in [2.05, 4.69) is 42.5 Å². The quantitative estimate of drug-likeness (QED) is 0.149. The van der Waals surface area contributed by atoms with Gasteiger partial charge in [-0.3, -0.25) is 18.2 Å². The lowest BCUT2D eigenvalue weighted by Crippen LogP contribution is -2.48. The van der Waals surface area contributed by atoms with Gasteiger partial charge in [-0.05, 0) is 67.6 Å². The van der Waals surface area contributed by atoms with E-state index in [0.717, 1.165) is 32.9 Å². The van der Waals surface area contributed by atoms with Gasteiger partial charge in [0, 0.05) is 40.2 Å². The molecular formula is C30H37Br2N3O5S. The summed E-state index contributed by atoms with van der Waals surface area (Å²) in [6, 6.07) is 20.2. The molecule has 3 aromatic carbocycles. The van der Waals surface area contributed by atoms with Crippen molar-refractivity contribution in [2.45, 2.75) is 44.9 Å². The van der Waals surface area contributed by atoms with E-state index in [1.165, 1.54) is 0 Å². The van der Waals surface area contributed by atoms with Gasteiger partial charge in [-0.15, -0.1) is 10.8 Å². The predicted molar refractivity (Wildman–Crippen MR) is 173 cm³/mol. The Balaban J connectivity index is 1.53. The van der Waals surface area contributed by atoms with Gasteiger partial charge in [-0.1, -0.05) is 62.2 Å². The van der Waals surface area contributed by atoms with Gasteiger partial charge in [0.05, 0.1) is 30.2 Å². The van der Waals surface area contributed by atoms with E-state index in [9.17, 15) is 19.0 Å². The molecule has 1 aliphatic rings. The number of aliphatic hydroxyl groups excluding tert-OH is 1. The van der Waals surface area contributed by atoms with Crippen LogP contribution in [0, 0.1) is 0 Å². The van der Waals surface area contributed by atoms with Crippen LogP contribution in [0.2, 0.25) is 0 Å². The molecule has 0 bridgehead atoms. The summed E-state index contributed by atoms with van der Waals surface area (Å²) in [5.41, 5.74) is 2.89. The minimum Gasteiger partial charge on any atom is -0.494 e. The third kappa shape index (κ3) is 9.18. The summed E-state index contributed by atoms with van der Waals surface area (Å²) >= 11 is 7.00. The number of hydrogen-bond donors (Lipinski definition) is 5. The molecular weight excluding hydrogens is 674 g/mol. The van der Waals surface area contributed by atoms with Crippen LogP contribution < -0.4 is 19.7 Å². The normalized spacial score (nSPS) is 17.0. The molecule has 2 atom stereocenters. The van der Waals surface area contributed by atoms with E-state index in [1.807, 2.05) is 55.5 Å². The molecule has 1 heterocycles. The molecule has 222 valence electrons. The molecule has 1 amide bonds. The van der Waals surface area contributed by atoms with E-state index in [-0.39, 0.29) is 12.5 Å². The number of carbonyl (C=O) groups excluding carboxylic acids is 1. The predicted octanol–water partition coefficient (Wildman–Crippen LogP) is 6.37. The SMILES string of the molecule is CCOc1cc(C(=O)NC(Cc2ccccc2)C(O)CNCc2cc(Br)cc(Br)c2)cc(N2CCCCS2(O)O)c1. The number of nitrogens with zero attached hydrogens (tertiary/aromatic N) is 1. The maximum absolute atomic E-state index is 13.6. The molecule has 4 rings (SSSR count). The van der Waals surface area contributed by atoms with Crippen molar-refractivity contribution in [1.29, 1.82) is 0 Å². The molecule has 3 aromatic rings. The molecule has 0 saturated carbocycles. The summed E-state index contributed by atoms with van der Waals surface area (Å²) in [5.74, 6) is 0.387. The summed E-state index contributed by atoms with van der Waals surface area (Å²) in [6.07, 6.45) is 1.12. The number of aliphatic hydroxyl groups is 1. The van der Waals surface area contributed by atoms with Crippen LogP contribution in [0.15, 0.2) is 75.7 Å². The second-order valence-electron chi connectivity index (χ2n) is 10.0. The highest BCUT2D eigenvalue weighted by molar-refractivity contribution is 9.11. The number of ether oxygens (including phenoxy) is 1. The van der Waals surface area contributed by atoms with Crippen molar-refractivity contribution >= 4 is 54.2 Å².